The van der Waals surface area contributed by atoms with E-state index in [0.717, 1.165) is 76.3 Å². The summed E-state index contributed by atoms with van der Waals surface area (Å²) in [4.78, 5) is 52.3. The monoisotopic (exact) mass is 782 g/mol. The van der Waals surface area contributed by atoms with Crippen LogP contribution in [0.1, 0.15) is 98.8 Å². The average molecular weight is 785 g/mol. The first-order valence-corrected chi connectivity index (χ1v) is 18.3. The number of hydrogen-bond acceptors (Lipinski definition) is 8. The minimum absolute atomic E-state index is 0.107. The summed E-state index contributed by atoms with van der Waals surface area (Å²) in [5.74, 6) is -4.94. The highest BCUT2D eigenvalue weighted by atomic mass is 35.5. The number of hydrogen-bond donors (Lipinski definition) is 0. The summed E-state index contributed by atoms with van der Waals surface area (Å²) >= 11 is 37.5. The second-order valence-electron chi connectivity index (χ2n) is 12.2. The Kier molecular flexibility index (Phi) is 14.4. The molecule has 2 saturated carbocycles. The van der Waals surface area contributed by atoms with E-state index in [1.54, 1.807) is 0 Å². The topological polar surface area (TPSA) is 105 Å². The Bertz CT molecular complexity index is 1430. The lowest BCUT2D eigenvalue weighted by Gasteiger charge is -2.15. The molecule has 2 aromatic carbocycles. The zero-order valence-corrected chi connectivity index (χ0v) is 31.0. The molecule has 0 spiro atoms. The van der Waals surface area contributed by atoms with Crippen LogP contribution in [-0.2, 0) is 19.1 Å². The Morgan fingerprint density at radius 1 is 0.583 bits per heavy atom. The van der Waals surface area contributed by atoms with Gasteiger partial charge in [0.15, 0.2) is 11.5 Å². The van der Waals surface area contributed by atoms with Crippen LogP contribution in [0.15, 0.2) is 12.1 Å². The number of esters is 4. The predicted molar refractivity (Wildman–Crippen MR) is 186 cm³/mol. The van der Waals surface area contributed by atoms with Crippen molar-refractivity contribution in [2.24, 2.45) is 23.7 Å². The number of carbonyl (C=O) groups is 4. The summed E-state index contributed by atoms with van der Waals surface area (Å²) in [6, 6.07) is 2.28. The van der Waals surface area contributed by atoms with E-state index in [2.05, 4.69) is 13.8 Å². The van der Waals surface area contributed by atoms with Crippen LogP contribution in [0.4, 0.5) is 0 Å². The molecule has 8 nitrogen and oxygen atoms in total. The molecule has 0 amide bonds. The molecule has 2 aliphatic carbocycles. The van der Waals surface area contributed by atoms with Gasteiger partial charge in [-0.25, -0.2) is 19.2 Å². The maximum atomic E-state index is 13.1. The van der Waals surface area contributed by atoms with Crippen molar-refractivity contribution in [2.75, 3.05) is 13.2 Å². The van der Waals surface area contributed by atoms with E-state index in [9.17, 15) is 19.2 Å². The highest BCUT2D eigenvalue weighted by Crippen LogP contribution is 2.45. The molecule has 48 heavy (non-hydrogen) atoms. The van der Waals surface area contributed by atoms with Crippen molar-refractivity contribution in [3.05, 3.63) is 53.4 Å². The maximum Gasteiger partial charge on any atom is 0.423 e. The number of rotatable bonds is 16. The molecule has 0 aliphatic heterocycles. The molecule has 4 unspecified atom stereocenters. The van der Waals surface area contributed by atoms with Gasteiger partial charge in [0.1, 0.15) is 11.1 Å². The van der Waals surface area contributed by atoms with E-state index >= 15 is 0 Å². The van der Waals surface area contributed by atoms with Gasteiger partial charge >= 0.3 is 23.9 Å². The maximum absolute atomic E-state index is 13.1. The van der Waals surface area contributed by atoms with Gasteiger partial charge in [0, 0.05) is 0 Å². The summed E-state index contributed by atoms with van der Waals surface area (Å²) in [7, 11) is 0. The molecule has 0 bridgehead atoms. The SMILES string of the molecule is CCCCCC1CC1COC(=O)c1c(Cl)c(Cl)cc(Cl)c1OC(=O)C(=O)Oc1c(Cl)cc(Cl)c(Cl)c1C(=O)OCC1CC1CCCCC. The van der Waals surface area contributed by atoms with E-state index < -0.39 is 46.5 Å². The molecular weight excluding hydrogens is 749 g/mol. The molecule has 0 aromatic heterocycles. The first-order valence-electron chi connectivity index (χ1n) is 16.0. The van der Waals surface area contributed by atoms with E-state index in [-0.39, 0.29) is 55.2 Å². The van der Waals surface area contributed by atoms with Crippen LogP contribution in [0.2, 0.25) is 30.1 Å². The Hall–Kier alpha value is -1.94. The molecule has 0 radical (unpaired) electrons. The number of unbranched alkanes of at least 4 members (excludes halogenated alkanes) is 4. The third kappa shape index (κ3) is 10.1. The molecule has 0 saturated heterocycles. The van der Waals surface area contributed by atoms with Gasteiger partial charge in [-0.05, 0) is 48.6 Å². The lowest BCUT2D eigenvalue weighted by atomic mass is 10.1. The predicted octanol–water partition coefficient (Wildman–Crippen LogP) is 10.9. The first kappa shape index (κ1) is 38.9. The first-order chi connectivity index (χ1) is 22.9. The third-order valence-corrected chi connectivity index (χ3v) is 10.7. The number of benzene rings is 2. The third-order valence-electron chi connectivity index (χ3n) is 8.57. The van der Waals surface area contributed by atoms with Crippen molar-refractivity contribution in [3.8, 4) is 11.5 Å². The molecule has 2 aliphatic rings. The van der Waals surface area contributed by atoms with Crippen LogP contribution < -0.4 is 9.47 Å². The van der Waals surface area contributed by atoms with Gasteiger partial charge in [-0.3, -0.25) is 0 Å². The lowest BCUT2D eigenvalue weighted by molar-refractivity contribution is -0.156. The molecule has 262 valence electrons. The number of halogens is 6. The van der Waals surface area contributed by atoms with Gasteiger partial charge in [0.05, 0.1) is 43.3 Å². The molecular formula is C34H36Cl6O8. The Balaban J connectivity index is 1.45. The largest absolute Gasteiger partial charge is 0.462 e. The smallest absolute Gasteiger partial charge is 0.423 e. The van der Waals surface area contributed by atoms with E-state index in [1.807, 2.05) is 0 Å². The van der Waals surface area contributed by atoms with E-state index in [1.165, 1.54) is 0 Å². The van der Waals surface area contributed by atoms with Crippen molar-refractivity contribution >= 4 is 93.5 Å². The molecule has 0 heterocycles. The van der Waals surface area contributed by atoms with Crippen LogP contribution in [-0.4, -0.2) is 37.1 Å². The summed E-state index contributed by atoms with van der Waals surface area (Å²) in [5, 5.41) is -1.40. The van der Waals surface area contributed by atoms with Gasteiger partial charge in [-0.1, -0.05) is 135 Å². The van der Waals surface area contributed by atoms with Crippen molar-refractivity contribution in [1.29, 1.82) is 0 Å². The Morgan fingerprint density at radius 3 is 1.31 bits per heavy atom. The molecule has 4 rings (SSSR count). The zero-order chi connectivity index (χ0) is 35.1. The quantitative estimate of drug-likeness (QED) is 0.0545. The van der Waals surface area contributed by atoms with Crippen LogP contribution in [0.5, 0.6) is 11.5 Å². The highest BCUT2D eigenvalue weighted by Gasteiger charge is 2.39. The fourth-order valence-electron chi connectivity index (χ4n) is 5.55. The molecule has 4 atom stereocenters. The zero-order valence-electron chi connectivity index (χ0n) is 26.5. The fourth-order valence-corrected chi connectivity index (χ4v) is 6.99. The Morgan fingerprint density at radius 2 is 0.958 bits per heavy atom. The molecule has 0 N–H and O–H groups in total. The highest BCUT2D eigenvalue weighted by molar-refractivity contribution is 6.47. The molecule has 2 aromatic rings. The normalized spacial score (nSPS) is 19.4. The second kappa shape index (κ2) is 17.8. The number of carbonyl (C=O) groups excluding carboxylic acids is 4. The Labute approximate surface area is 309 Å². The summed E-state index contributed by atoms with van der Waals surface area (Å²) in [6.07, 6.45) is 10.7. The summed E-state index contributed by atoms with van der Waals surface area (Å²) < 4.78 is 21.3. The van der Waals surface area contributed by atoms with Gasteiger partial charge in [-0.15, -0.1) is 0 Å². The van der Waals surface area contributed by atoms with Gasteiger partial charge in [-0.2, -0.15) is 0 Å². The molecule has 2 fully saturated rings. The van der Waals surface area contributed by atoms with Crippen molar-refractivity contribution in [3.63, 3.8) is 0 Å². The van der Waals surface area contributed by atoms with Crippen molar-refractivity contribution in [2.45, 2.75) is 78.1 Å². The standard InChI is InChI=1S/C34H36Cl6O8/c1-3-5-7-9-17-11-19(17)15-45-31(41)25-27(39)21(35)13-23(37)29(25)47-33(43)34(44)48-30-24(38)14-22(36)28(40)26(30)32(42)46-16-20-12-18(20)10-8-6-4-2/h13-14,17-20H,3-12,15-16H2,1-2H3. The van der Waals surface area contributed by atoms with Gasteiger partial charge in [0.2, 0.25) is 0 Å². The van der Waals surface area contributed by atoms with Gasteiger partial charge in [0.25, 0.3) is 0 Å². The van der Waals surface area contributed by atoms with E-state index in [4.69, 9.17) is 88.6 Å². The molecule has 14 heteroatoms. The minimum atomic E-state index is -1.63. The fraction of sp³-hybridized carbons (Fsp3) is 0.529. The van der Waals surface area contributed by atoms with Gasteiger partial charge < -0.3 is 18.9 Å². The van der Waals surface area contributed by atoms with Crippen molar-refractivity contribution < 1.29 is 38.1 Å². The average Bonchev–Trinajstić information content (AvgIpc) is 3.97. The van der Waals surface area contributed by atoms with Crippen LogP contribution >= 0.6 is 69.6 Å². The van der Waals surface area contributed by atoms with E-state index in [0.29, 0.717) is 11.8 Å². The lowest BCUT2D eigenvalue weighted by Crippen LogP contribution is -2.27. The summed E-state index contributed by atoms with van der Waals surface area (Å²) in [5.41, 5.74) is -0.883. The van der Waals surface area contributed by atoms with Crippen LogP contribution in [0, 0.1) is 23.7 Å². The second-order valence-corrected chi connectivity index (χ2v) is 14.6. The number of ether oxygens (including phenoxy) is 4. The summed E-state index contributed by atoms with van der Waals surface area (Å²) in [6.45, 7) is 4.51. The van der Waals surface area contributed by atoms with Crippen LogP contribution in [0.25, 0.3) is 0 Å². The minimum Gasteiger partial charge on any atom is -0.462 e. The van der Waals surface area contributed by atoms with Crippen LogP contribution in [0.3, 0.4) is 0 Å². The van der Waals surface area contributed by atoms with Crippen molar-refractivity contribution in [1.82, 2.24) is 0 Å².